The van der Waals surface area contributed by atoms with Gasteiger partial charge in [0.05, 0.1) is 23.3 Å². The Kier molecular flexibility index (Phi) is 6.51. The van der Waals surface area contributed by atoms with Gasteiger partial charge in [0.25, 0.3) is 6.43 Å². The van der Waals surface area contributed by atoms with Crippen molar-refractivity contribution in [2.75, 3.05) is 23.7 Å². The second-order valence-electron chi connectivity index (χ2n) is 6.32. The van der Waals surface area contributed by atoms with E-state index in [9.17, 15) is 8.78 Å². The summed E-state index contributed by atoms with van der Waals surface area (Å²) < 4.78 is 24.7. The van der Waals surface area contributed by atoms with Crippen LogP contribution in [0.3, 0.4) is 0 Å². The second kappa shape index (κ2) is 9.05. The summed E-state index contributed by atoms with van der Waals surface area (Å²) in [5.41, 5.74) is 0.576. The molecule has 10 heteroatoms. The van der Waals surface area contributed by atoms with E-state index in [0.29, 0.717) is 23.1 Å². The number of anilines is 1. The minimum atomic E-state index is -2.80. The summed E-state index contributed by atoms with van der Waals surface area (Å²) in [6.45, 7) is 1.85. The van der Waals surface area contributed by atoms with Gasteiger partial charge < -0.3 is 9.88 Å². The lowest BCUT2D eigenvalue weighted by molar-refractivity contribution is 0.226. The normalized spacial score (nSPS) is 17.8. The Morgan fingerprint density at radius 2 is 2.30 bits per heavy atom. The molecule has 1 atom stereocenters. The molecule has 0 spiro atoms. The van der Waals surface area contributed by atoms with E-state index < -0.39 is 12.1 Å². The topological polar surface area (TPSA) is 108 Å². The predicted molar refractivity (Wildman–Crippen MR) is 104 cm³/mol. The van der Waals surface area contributed by atoms with Gasteiger partial charge >= 0.3 is 0 Å². The van der Waals surface area contributed by atoms with E-state index >= 15 is 0 Å². The number of aromatic amines is 1. The number of hydrogen-bond donors (Lipinski definition) is 3. The Labute approximate surface area is 160 Å². The maximum Gasteiger partial charge on any atom is 0.279 e. The summed E-state index contributed by atoms with van der Waals surface area (Å²) in [5, 5.41) is 12.7. The van der Waals surface area contributed by atoms with E-state index in [1.54, 1.807) is 6.20 Å². The standard InChI is InChI=1S/C17H21F2N7S/c18-17(19)12(20)3-4-15-22-7-14(25-15)13-6-16(24-10-23-13)26-5-1-2-11(8-26)9-27-21/h3-4,6-7,10-11,17,20H,1-2,5,8-9,21H2,(H,22,25)/b4-3-,20-12?. The van der Waals surface area contributed by atoms with Crippen molar-refractivity contribution < 1.29 is 8.78 Å². The maximum atomic E-state index is 12.4. The molecule has 3 rings (SSSR count). The Morgan fingerprint density at radius 3 is 3.07 bits per heavy atom. The van der Waals surface area contributed by atoms with Crippen LogP contribution in [0.4, 0.5) is 14.6 Å². The Morgan fingerprint density at radius 1 is 1.44 bits per heavy atom. The molecule has 1 saturated heterocycles. The first-order valence-electron chi connectivity index (χ1n) is 8.55. The molecule has 1 aliphatic heterocycles. The zero-order chi connectivity index (χ0) is 19.2. The molecule has 0 radical (unpaired) electrons. The molecular weight excluding hydrogens is 372 g/mol. The van der Waals surface area contributed by atoms with Gasteiger partial charge in [0.1, 0.15) is 18.0 Å². The van der Waals surface area contributed by atoms with E-state index in [2.05, 4.69) is 24.8 Å². The third-order valence-corrected chi connectivity index (χ3v) is 5.02. The molecular formula is C17H21F2N7S. The largest absolute Gasteiger partial charge is 0.356 e. The van der Waals surface area contributed by atoms with Crippen LogP contribution in [0.2, 0.25) is 0 Å². The highest BCUT2D eigenvalue weighted by Crippen LogP contribution is 2.25. The third kappa shape index (κ3) is 5.10. The van der Waals surface area contributed by atoms with Gasteiger partial charge in [0.2, 0.25) is 0 Å². The van der Waals surface area contributed by atoms with Crippen LogP contribution in [-0.4, -0.2) is 50.9 Å². The van der Waals surface area contributed by atoms with E-state index in [-0.39, 0.29) is 0 Å². The summed E-state index contributed by atoms with van der Waals surface area (Å²) in [6, 6.07) is 1.89. The lowest BCUT2D eigenvalue weighted by atomic mass is 10.00. The molecule has 0 aliphatic carbocycles. The van der Waals surface area contributed by atoms with E-state index in [1.807, 2.05) is 6.07 Å². The molecule has 7 nitrogen and oxygen atoms in total. The number of rotatable bonds is 7. The first-order valence-corrected chi connectivity index (χ1v) is 9.60. The Hall–Kier alpha value is -2.33. The van der Waals surface area contributed by atoms with E-state index in [1.165, 1.54) is 30.8 Å². The van der Waals surface area contributed by atoms with Crippen molar-refractivity contribution in [1.82, 2.24) is 19.9 Å². The molecule has 2 aromatic heterocycles. The SMILES string of the molecule is N=C(/C=C\c1ncc(-c2cc(N3CCCC(CSN)C3)ncn2)[nH]1)C(F)F. The van der Waals surface area contributed by atoms with Crippen LogP contribution in [0.15, 0.2) is 24.7 Å². The minimum Gasteiger partial charge on any atom is -0.356 e. The first kappa shape index (κ1) is 19.4. The third-order valence-electron chi connectivity index (χ3n) is 4.35. The molecule has 0 aromatic carbocycles. The van der Waals surface area contributed by atoms with Gasteiger partial charge in [-0.2, -0.15) is 0 Å². The van der Waals surface area contributed by atoms with Crippen LogP contribution in [0.25, 0.3) is 17.5 Å². The monoisotopic (exact) mass is 393 g/mol. The predicted octanol–water partition coefficient (Wildman–Crippen LogP) is 2.99. The number of hydrogen-bond acceptors (Lipinski definition) is 7. The van der Waals surface area contributed by atoms with Crippen molar-refractivity contribution in [3.63, 3.8) is 0 Å². The number of imidazole rings is 1. The molecule has 27 heavy (non-hydrogen) atoms. The molecule has 2 aromatic rings. The summed E-state index contributed by atoms with van der Waals surface area (Å²) in [6.07, 6.45) is 4.94. The van der Waals surface area contributed by atoms with E-state index in [0.717, 1.165) is 37.2 Å². The number of alkyl halides is 2. The smallest absolute Gasteiger partial charge is 0.279 e. The summed E-state index contributed by atoms with van der Waals surface area (Å²) in [7, 11) is 0. The number of H-pyrrole nitrogens is 1. The fraction of sp³-hybridized carbons (Fsp3) is 0.412. The summed E-state index contributed by atoms with van der Waals surface area (Å²) in [5.74, 6) is 2.70. The van der Waals surface area contributed by atoms with Crippen LogP contribution in [-0.2, 0) is 0 Å². The van der Waals surface area contributed by atoms with Crippen molar-refractivity contribution in [1.29, 1.82) is 5.41 Å². The van der Waals surface area contributed by atoms with Crippen LogP contribution in [0.5, 0.6) is 0 Å². The van der Waals surface area contributed by atoms with Gasteiger partial charge in [-0.3, -0.25) is 10.5 Å². The van der Waals surface area contributed by atoms with Crippen LogP contribution < -0.4 is 10.0 Å². The summed E-state index contributed by atoms with van der Waals surface area (Å²) >= 11 is 1.38. The van der Waals surface area contributed by atoms with Gasteiger partial charge in [0, 0.05) is 24.9 Å². The van der Waals surface area contributed by atoms with Gasteiger partial charge in [-0.05, 0) is 30.9 Å². The molecule has 0 amide bonds. The van der Waals surface area contributed by atoms with Crippen molar-refractivity contribution >= 4 is 29.6 Å². The van der Waals surface area contributed by atoms with Gasteiger partial charge in [-0.1, -0.05) is 11.9 Å². The quantitative estimate of drug-likeness (QED) is 0.493. The number of allylic oxidation sites excluding steroid dienone is 1. The fourth-order valence-electron chi connectivity index (χ4n) is 3.01. The lowest BCUT2D eigenvalue weighted by Crippen LogP contribution is -2.37. The van der Waals surface area contributed by atoms with Gasteiger partial charge in [0.15, 0.2) is 0 Å². The number of nitrogens with two attached hydrogens (primary N) is 1. The molecule has 144 valence electrons. The first-order chi connectivity index (χ1) is 13.1. The Bertz CT molecular complexity index is 806. The second-order valence-corrected chi connectivity index (χ2v) is 6.99. The average Bonchev–Trinajstić information content (AvgIpc) is 3.16. The highest BCUT2D eigenvalue weighted by atomic mass is 32.2. The zero-order valence-electron chi connectivity index (χ0n) is 14.6. The average molecular weight is 393 g/mol. The number of piperidine rings is 1. The molecule has 3 heterocycles. The molecule has 0 saturated carbocycles. The molecule has 1 unspecified atom stereocenters. The number of halogens is 2. The van der Waals surface area contributed by atoms with Gasteiger partial charge in [-0.25, -0.2) is 23.7 Å². The highest BCUT2D eigenvalue weighted by molar-refractivity contribution is 7.97. The molecule has 0 bridgehead atoms. The fourth-order valence-corrected chi connectivity index (χ4v) is 3.55. The van der Waals surface area contributed by atoms with Crippen molar-refractivity contribution in [3.8, 4) is 11.4 Å². The number of nitrogens with one attached hydrogen (secondary N) is 2. The number of aromatic nitrogens is 4. The number of nitrogens with zero attached hydrogens (tertiary/aromatic N) is 4. The van der Waals surface area contributed by atoms with E-state index in [4.69, 9.17) is 10.5 Å². The minimum absolute atomic E-state index is 0.383. The van der Waals surface area contributed by atoms with Crippen molar-refractivity contribution in [2.24, 2.45) is 11.1 Å². The Balaban J connectivity index is 1.73. The van der Waals surface area contributed by atoms with Gasteiger partial charge in [-0.15, -0.1) is 0 Å². The maximum absolute atomic E-state index is 12.4. The van der Waals surface area contributed by atoms with Crippen molar-refractivity contribution in [3.05, 3.63) is 30.5 Å². The molecule has 1 aliphatic rings. The van der Waals surface area contributed by atoms with Crippen molar-refractivity contribution in [2.45, 2.75) is 19.3 Å². The van der Waals surface area contributed by atoms with Crippen LogP contribution >= 0.6 is 11.9 Å². The van der Waals surface area contributed by atoms with Crippen LogP contribution in [0, 0.1) is 11.3 Å². The zero-order valence-corrected chi connectivity index (χ0v) is 15.4. The summed E-state index contributed by atoms with van der Waals surface area (Å²) in [4.78, 5) is 18.0. The lowest BCUT2D eigenvalue weighted by Gasteiger charge is -2.33. The molecule has 1 fully saturated rings. The highest BCUT2D eigenvalue weighted by Gasteiger charge is 2.21. The molecule has 4 N–H and O–H groups in total. The van der Waals surface area contributed by atoms with Crippen LogP contribution in [0.1, 0.15) is 18.7 Å².